The van der Waals surface area contributed by atoms with Crippen LogP contribution in [0.3, 0.4) is 0 Å². The highest BCUT2D eigenvalue weighted by atomic mass is 16.5. The van der Waals surface area contributed by atoms with Crippen LogP contribution < -0.4 is 4.74 Å². The van der Waals surface area contributed by atoms with E-state index in [4.69, 9.17) is 4.74 Å². The van der Waals surface area contributed by atoms with Gasteiger partial charge in [0.1, 0.15) is 5.75 Å². The molecule has 0 saturated heterocycles. The maximum Gasteiger partial charge on any atom is 0.253 e. The third kappa shape index (κ3) is 3.95. The molecular weight excluding hydrogens is 328 g/mol. The van der Waals surface area contributed by atoms with Gasteiger partial charge in [-0.3, -0.25) is 4.79 Å². The second-order valence-corrected chi connectivity index (χ2v) is 6.12. The first kappa shape index (κ1) is 17.8. The van der Waals surface area contributed by atoms with Crippen molar-refractivity contribution in [2.45, 2.75) is 6.10 Å². The normalized spacial score (nSPS) is 11.8. The summed E-state index contributed by atoms with van der Waals surface area (Å²) in [6.45, 7) is 0.194. The number of aliphatic hydroxyl groups is 1. The van der Waals surface area contributed by atoms with Gasteiger partial charge in [-0.25, -0.2) is 0 Å². The molecule has 1 N–H and O–H groups in total. The molecule has 134 valence electrons. The van der Waals surface area contributed by atoms with Gasteiger partial charge in [0.2, 0.25) is 0 Å². The Morgan fingerprint density at radius 2 is 1.85 bits per heavy atom. The predicted molar refractivity (Wildman–Crippen MR) is 101 cm³/mol. The average molecular weight is 350 g/mol. The van der Waals surface area contributed by atoms with Gasteiger partial charge in [-0.15, -0.1) is 0 Å². The fourth-order valence-electron chi connectivity index (χ4n) is 2.82. The van der Waals surface area contributed by atoms with Crippen LogP contribution in [0.25, 0.3) is 5.69 Å². The smallest absolute Gasteiger partial charge is 0.253 e. The molecule has 0 fully saturated rings. The second kappa shape index (κ2) is 7.89. The maximum absolute atomic E-state index is 12.7. The quantitative estimate of drug-likeness (QED) is 0.742. The third-order valence-corrected chi connectivity index (χ3v) is 4.27. The zero-order valence-electron chi connectivity index (χ0n) is 14.9. The fourth-order valence-corrected chi connectivity index (χ4v) is 2.82. The van der Waals surface area contributed by atoms with Gasteiger partial charge >= 0.3 is 0 Å². The summed E-state index contributed by atoms with van der Waals surface area (Å²) in [4.78, 5) is 14.3. The molecule has 3 rings (SSSR count). The van der Waals surface area contributed by atoms with Gasteiger partial charge in [-0.2, -0.15) is 0 Å². The summed E-state index contributed by atoms with van der Waals surface area (Å²) < 4.78 is 7.13. The molecule has 1 heterocycles. The Hall–Kier alpha value is -3.05. The number of benzene rings is 2. The van der Waals surface area contributed by atoms with Crippen LogP contribution in [0.1, 0.15) is 22.0 Å². The van der Waals surface area contributed by atoms with Crippen molar-refractivity contribution < 1.29 is 14.6 Å². The molecule has 0 bridgehead atoms. The average Bonchev–Trinajstić information content (AvgIpc) is 3.22. The molecule has 1 aromatic heterocycles. The summed E-state index contributed by atoms with van der Waals surface area (Å²) in [6.07, 6.45) is 3.08. The molecule has 0 saturated carbocycles. The summed E-state index contributed by atoms with van der Waals surface area (Å²) in [5, 5.41) is 10.5. The predicted octanol–water partition coefficient (Wildman–Crippen LogP) is 3.29. The van der Waals surface area contributed by atoms with Crippen molar-refractivity contribution in [2.24, 2.45) is 0 Å². The zero-order valence-corrected chi connectivity index (χ0v) is 14.9. The lowest BCUT2D eigenvalue weighted by atomic mass is 10.1. The van der Waals surface area contributed by atoms with Crippen molar-refractivity contribution in [3.63, 3.8) is 0 Å². The Kier molecular flexibility index (Phi) is 5.39. The minimum Gasteiger partial charge on any atom is -0.497 e. The topological polar surface area (TPSA) is 54.7 Å². The molecular formula is C21H22N2O3. The monoisotopic (exact) mass is 350 g/mol. The van der Waals surface area contributed by atoms with Crippen LogP contribution >= 0.6 is 0 Å². The standard InChI is InChI=1S/C21H22N2O3/c1-22(15-20(24)16-7-6-10-19(14-16)26-2)21(25)17-8-5-9-18(13-17)23-11-3-4-12-23/h3-14,20,24H,15H2,1-2H3. The molecule has 1 atom stereocenters. The van der Waals surface area contributed by atoms with E-state index < -0.39 is 6.10 Å². The largest absolute Gasteiger partial charge is 0.497 e. The molecule has 26 heavy (non-hydrogen) atoms. The van der Waals surface area contributed by atoms with E-state index in [-0.39, 0.29) is 12.5 Å². The van der Waals surface area contributed by atoms with Crippen molar-refractivity contribution in [2.75, 3.05) is 20.7 Å². The van der Waals surface area contributed by atoms with E-state index in [2.05, 4.69) is 0 Å². The molecule has 2 aromatic carbocycles. The number of ether oxygens (including phenoxy) is 1. The maximum atomic E-state index is 12.7. The molecule has 0 aliphatic carbocycles. The molecule has 0 radical (unpaired) electrons. The summed E-state index contributed by atoms with van der Waals surface area (Å²) in [5.41, 5.74) is 2.21. The van der Waals surface area contributed by atoms with Crippen LogP contribution in [0.5, 0.6) is 5.75 Å². The van der Waals surface area contributed by atoms with Gasteiger partial charge in [0.25, 0.3) is 5.91 Å². The van der Waals surface area contributed by atoms with Crippen molar-refractivity contribution in [1.82, 2.24) is 9.47 Å². The van der Waals surface area contributed by atoms with E-state index in [1.165, 1.54) is 4.90 Å². The van der Waals surface area contributed by atoms with Gasteiger partial charge in [0.15, 0.2) is 0 Å². The number of nitrogens with zero attached hydrogens (tertiary/aromatic N) is 2. The number of hydrogen-bond donors (Lipinski definition) is 1. The van der Waals surface area contributed by atoms with Crippen LogP contribution in [-0.4, -0.2) is 41.2 Å². The number of aromatic nitrogens is 1. The van der Waals surface area contributed by atoms with Crippen LogP contribution in [-0.2, 0) is 0 Å². The first-order valence-electron chi connectivity index (χ1n) is 8.39. The van der Waals surface area contributed by atoms with E-state index in [1.807, 2.05) is 65.5 Å². The Balaban J connectivity index is 1.72. The number of amides is 1. The van der Waals surface area contributed by atoms with Crippen molar-refractivity contribution >= 4 is 5.91 Å². The lowest BCUT2D eigenvalue weighted by Gasteiger charge is -2.22. The highest BCUT2D eigenvalue weighted by molar-refractivity contribution is 5.94. The van der Waals surface area contributed by atoms with Crippen LogP contribution in [0.4, 0.5) is 0 Å². The minimum absolute atomic E-state index is 0.138. The van der Waals surface area contributed by atoms with E-state index in [0.29, 0.717) is 16.9 Å². The van der Waals surface area contributed by atoms with Crippen molar-refractivity contribution in [1.29, 1.82) is 0 Å². The Morgan fingerprint density at radius 1 is 1.12 bits per heavy atom. The first-order chi connectivity index (χ1) is 12.6. The molecule has 0 aliphatic heterocycles. The third-order valence-electron chi connectivity index (χ3n) is 4.27. The van der Waals surface area contributed by atoms with E-state index in [1.54, 1.807) is 26.3 Å². The highest BCUT2D eigenvalue weighted by Gasteiger charge is 2.17. The fraction of sp³-hybridized carbons (Fsp3) is 0.190. The Bertz CT molecular complexity index is 874. The van der Waals surface area contributed by atoms with Crippen LogP contribution in [0.2, 0.25) is 0 Å². The number of methoxy groups -OCH3 is 1. The molecule has 3 aromatic rings. The molecule has 5 heteroatoms. The number of carbonyl (C=O) groups is 1. The molecule has 0 spiro atoms. The second-order valence-electron chi connectivity index (χ2n) is 6.12. The van der Waals surface area contributed by atoms with Crippen LogP contribution in [0, 0.1) is 0 Å². The van der Waals surface area contributed by atoms with Crippen molar-refractivity contribution in [3.05, 3.63) is 84.2 Å². The molecule has 1 amide bonds. The number of rotatable bonds is 6. The Labute approximate surface area is 153 Å². The zero-order chi connectivity index (χ0) is 18.5. The van der Waals surface area contributed by atoms with E-state index in [9.17, 15) is 9.90 Å². The summed E-state index contributed by atoms with van der Waals surface area (Å²) in [7, 11) is 3.27. The summed E-state index contributed by atoms with van der Waals surface area (Å²) in [6, 6.07) is 18.5. The van der Waals surface area contributed by atoms with Crippen molar-refractivity contribution in [3.8, 4) is 11.4 Å². The number of likely N-dealkylation sites (N-methyl/N-ethyl adjacent to an activating group) is 1. The minimum atomic E-state index is -0.785. The molecule has 1 unspecified atom stereocenters. The van der Waals surface area contributed by atoms with Gasteiger partial charge < -0.3 is 19.3 Å². The van der Waals surface area contributed by atoms with Gasteiger partial charge in [0.05, 0.1) is 19.8 Å². The van der Waals surface area contributed by atoms with Crippen LogP contribution in [0.15, 0.2) is 73.1 Å². The highest BCUT2D eigenvalue weighted by Crippen LogP contribution is 2.20. The lowest BCUT2D eigenvalue weighted by Crippen LogP contribution is -2.31. The SMILES string of the molecule is COc1cccc(C(O)CN(C)C(=O)c2cccc(-n3cccc3)c2)c1. The molecule has 5 nitrogen and oxygen atoms in total. The first-order valence-corrected chi connectivity index (χ1v) is 8.39. The van der Waals surface area contributed by atoms with Gasteiger partial charge in [-0.1, -0.05) is 18.2 Å². The number of aliphatic hydroxyl groups excluding tert-OH is 1. The summed E-state index contributed by atoms with van der Waals surface area (Å²) >= 11 is 0. The van der Waals surface area contributed by atoms with E-state index in [0.717, 1.165) is 5.69 Å². The van der Waals surface area contributed by atoms with Gasteiger partial charge in [0, 0.05) is 30.7 Å². The van der Waals surface area contributed by atoms with Gasteiger partial charge in [-0.05, 0) is 48.0 Å². The number of carbonyl (C=O) groups excluding carboxylic acids is 1. The molecule has 0 aliphatic rings. The lowest BCUT2D eigenvalue weighted by molar-refractivity contribution is 0.0681. The summed E-state index contributed by atoms with van der Waals surface area (Å²) in [5.74, 6) is 0.538. The Morgan fingerprint density at radius 3 is 2.58 bits per heavy atom. The van der Waals surface area contributed by atoms with E-state index >= 15 is 0 Å². The number of hydrogen-bond acceptors (Lipinski definition) is 3.